The number of rotatable bonds is 3. The first-order valence-corrected chi connectivity index (χ1v) is 8.36. The average molecular weight is 345 g/mol. The molecule has 0 aliphatic carbocycles. The third-order valence-corrected chi connectivity index (χ3v) is 5.49. The fourth-order valence-corrected chi connectivity index (χ4v) is 3.95. The molecular weight excluding hydrogens is 333 g/mol. The molecule has 3 aromatic rings. The average Bonchev–Trinajstić information content (AvgIpc) is 2.54. The maximum atomic E-state index is 13.0. The van der Waals surface area contributed by atoms with Crippen molar-refractivity contribution in [2.24, 2.45) is 0 Å². The maximum absolute atomic E-state index is 13.0. The lowest BCUT2D eigenvalue weighted by molar-refractivity contribution is 0.0700. The number of aromatic carboxylic acids is 1. The Labute approximate surface area is 137 Å². The minimum absolute atomic E-state index is 0.165. The van der Waals surface area contributed by atoms with Crippen LogP contribution < -0.4 is 5.73 Å². The van der Waals surface area contributed by atoms with E-state index in [1.807, 2.05) is 0 Å². The third-order valence-electron chi connectivity index (χ3n) is 3.68. The number of carboxylic acid groups (broad SMARTS) is 1. The van der Waals surface area contributed by atoms with Crippen LogP contribution >= 0.6 is 0 Å². The van der Waals surface area contributed by atoms with Crippen molar-refractivity contribution in [2.75, 3.05) is 5.73 Å². The van der Waals surface area contributed by atoms with Gasteiger partial charge in [-0.25, -0.2) is 17.6 Å². The van der Waals surface area contributed by atoms with Crippen molar-refractivity contribution < 1.29 is 22.7 Å². The Kier molecular flexibility index (Phi) is 3.73. The number of hydrogen-bond acceptors (Lipinski definition) is 4. The van der Waals surface area contributed by atoms with Crippen molar-refractivity contribution in [3.63, 3.8) is 0 Å². The Morgan fingerprint density at radius 2 is 1.67 bits per heavy atom. The van der Waals surface area contributed by atoms with Crippen molar-refractivity contribution in [1.82, 2.24) is 0 Å². The van der Waals surface area contributed by atoms with Gasteiger partial charge in [-0.05, 0) is 41.1 Å². The molecule has 0 atom stereocenters. The van der Waals surface area contributed by atoms with Crippen LogP contribution in [0.1, 0.15) is 10.4 Å². The molecule has 0 unspecified atom stereocenters. The molecule has 0 aromatic heterocycles. The van der Waals surface area contributed by atoms with Gasteiger partial charge in [0, 0.05) is 0 Å². The van der Waals surface area contributed by atoms with Gasteiger partial charge in [0.25, 0.3) is 0 Å². The summed E-state index contributed by atoms with van der Waals surface area (Å²) < 4.78 is 38.6. The number of halogens is 1. The maximum Gasteiger partial charge on any atom is 0.338 e. The lowest BCUT2D eigenvalue weighted by Gasteiger charge is -2.13. The fourth-order valence-electron chi connectivity index (χ4n) is 2.53. The second kappa shape index (κ2) is 5.61. The van der Waals surface area contributed by atoms with Crippen LogP contribution in [-0.2, 0) is 9.84 Å². The zero-order valence-corrected chi connectivity index (χ0v) is 13.0. The molecule has 0 saturated heterocycles. The van der Waals surface area contributed by atoms with E-state index in [0.29, 0.717) is 10.8 Å². The molecule has 0 fully saturated rings. The van der Waals surface area contributed by atoms with E-state index in [1.165, 1.54) is 6.07 Å². The van der Waals surface area contributed by atoms with Crippen LogP contribution in [0.4, 0.5) is 10.1 Å². The number of carboxylic acids is 1. The highest BCUT2D eigenvalue weighted by atomic mass is 32.2. The summed E-state index contributed by atoms with van der Waals surface area (Å²) in [5, 5.41) is 10.2. The van der Waals surface area contributed by atoms with Gasteiger partial charge in [-0.2, -0.15) is 0 Å². The summed E-state index contributed by atoms with van der Waals surface area (Å²) in [4.78, 5) is 11.1. The van der Waals surface area contributed by atoms with E-state index in [-0.39, 0.29) is 21.0 Å². The van der Waals surface area contributed by atoms with Gasteiger partial charge in [0.1, 0.15) is 5.82 Å². The smallest absolute Gasteiger partial charge is 0.338 e. The molecule has 3 rings (SSSR count). The summed E-state index contributed by atoms with van der Waals surface area (Å²) in [5.74, 6) is -1.90. The summed E-state index contributed by atoms with van der Waals surface area (Å²) in [5.41, 5.74) is 5.26. The molecule has 122 valence electrons. The van der Waals surface area contributed by atoms with E-state index in [0.717, 1.165) is 24.3 Å². The Morgan fingerprint density at radius 1 is 1.04 bits per heavy atom. The molecule has 24 heavy (non-hydrogen) atoms. The number of anilines is 1. The predicted octanol–water partition coefficient (Wildman–Crippen LogP) is 3.09. The molecule has 3 aromatic carbocycles. The van der Waals surface area contributed by atoms with E-state index in [9.17, 15) is 22.7 Å². The molecule has 7 heteroatoms. The van der Waals surface area contributed by atoms with Gasteiger partial charge < -0.3 is 10.8 Å². The first-order valence-electron chi connectivity index (χ1n) is 6.87. The number of sulfone groups is 1. The standard InChI is InChI=1S/C17H12FNO4S/c18-11-5-7-12(8-6-11)24(22,23)14-9-10-3-1-2-4-13(10)15(16(14)19)17(20)21/h1-9H,19H2,(H,20,21). The molecule has 3 N–H and O–H groups in total. The van der Waals surface area contributed by atoms with Crippen molar-refractivity contribution in [3.05, 3.63) is 66.0 Å². The van der Waals surface area contributed by atoms with Crippen LogP contribution in [-0.4, -0.2) is 19.5 Å². The minimum atomic E-state index is -4.09. The van der Waals surface area contributed by atoms with E-state index in [2.05, 4.69) is 0 Å². The molecule has 0 spiro atoms. The lowest BCUT2D eigenvalue weighted by Crippen LogP contribution is -2.11. The van der Waals surface area contributed by atoms with Crippen LogP contribution in [0.5, 0.6) is 0 Å². The van der Waals surface area contributed by atoms with Crippen molar-refractivity contribution in [1.29, 1.82) is 0 Å². The summed E-state index contributed by atoms with van der Waals surface area (Å²) in [6.07, 6.45) is 0. The summed E-state index contributed by atoms with van der Waals surface area (Å²) >= 11 is 0. The molecular formula is C17H12FNO4S. The number of benzene rings is 3. The van der Waals surface area contributed by atoms with Gasteiger partial charge in [0.15, 0.2) is 0 Å². The Hall–Kier alpha value is -2.93. The molecule has 0 aliphatic heterocycles. The largest absolute Gasteiger partial charge is 0.478 e. The van der Waals surface area contributed by atoms with Crippen LogP contribution in [0.2, 0.25) is 0 Å². The van der Waals surface area contributed by atoms with E-state index < -0.39 is 21.6 Å². The molecule has 5 nitrogen and oxygen atoms in total. The first-order chi connectivity index (χ1) is 11.3. The minimum Gasteiger partial charge on any atom is -0.478 e. The highest BCUT2D eigenvalue weighted by Gasteiger charge is 2.26. The highest BCUT2D eigenvalue weighted by Crippen LogP contribution is 2.34. The van der Waals surface area contributed by atoms with Crippen LogP contribution in [0.3, 0.4) is 0 Å². The van der Waals surface area contributed by atoms with Gasteiger partial charge in [-0.15, -0.1) is 0 Å². The number of carbonyl (C=O) groups is 1. The summed E-state index contributed by atoms with van der Waals surface area (Å²) in [6.45, 7) is 0. The summed E-state index contributed by atoms with van der Waals surface area (Å²) in [6, 6.07) is 12.1. The van der Waals surface area contributed by atoms with Crippen molar-refractivity contribution in [3.8, 4) is 0 Å². The monoisotopic (exact) mass is 345 g/mol. The SMILES string of the molecule is Nc1c(S(=O)(=O)c2ccc(F)cc2)cc2ccccc2c1C(=O)O. The van der Waals surface area contributed by atoms with Crippen LogP contribution in [0.15, 0.2) is 64.4 Å². The number of nitrogens with two attached hydrogens (primary N) is 1. The van der Waals surface area contributed by atoms with Gasteiger partial charge in [-0.3, -0.25) is 0 Å². The van der Waals surface area contributed by atoms with Crippen LogP contribution in [0, 0.1) is 5.82 Å². The Morgan fingerprint density at radius 3 is 2.29 bits per heavy atom. The molecule has 0 amide bonds. The van der Waals surface area contributed by atoms with Gasteiger partial charge >= 0.3 is 5.97 Å². The van der Waals surface area contributed by atoms with Crippen molar-refractivity contribution >= 4 is 32.3 Å². The quantitative estimate of drug-likeness (QED) is 0.561. The zero-order chi connectivity index (χ0) is 17.5. The van der Waals surface area contributed by atoms with Crippen LogP contribution in [0.25, 0.3) is 10.8 Å². The first kappa shape index (κ1) is 15.9. The Bertz CT molecular complexity index is 1060. The fraction of sp³-hybridized carbons (Fsp3) is 0. The molecule has 0 bridgehead atoms. The normalized spacial score (nSPS) is 11.5. The summed E-state index contributed by atoms with van der Waals surface area (Å²) in [7, 11) is -4.09. The molecule has 0 saturated carbocycles. The van der Waals surface area contributed by atoms with E-state index in [1.54, 1.807) is 24.3 Å². The molecule has 0 heterocycles. The van der Waals surface area contributed by atoms with Gasteiger partial charge in [0.2, 0.25) is 9.84 Å². The molecule has 0 radical (unpaired) electrons. The van der Waals surface area contributed by atoms with Gasteiger partial charge in [0.05, 0.1) is 21.0 Å². The number of nitrogen functional groups attached to an aromatic ring is 1. The predicted molar refractivity (Wildman–Crippen MR) is 87.2 cm³/mol. The Balaban J connectivity index is 2.36. The van der Waals surface area contributed by atoms with E-state index >= 15 is 0 Å². The van der Waals surface area contributed by atoms with E-state index in [4.69, 9.17) is 5.73 Å². The second-order valence-electron chi connectivity index (χ2n) is 5.15. The zero-order valence-electron chi connectivity index (χ0n) is 12.2. The second-order valence-corrected chi connectivity index (χ2v) is 7.07. The highest BCUT2D eigenvalue weighted by molar-refractivity contribution is 7.91. The third kappa shape index (κ3) is 2.48. The van der Waals surface area contributed by atoms with Crippen molar-refractivity contribution in [2.45, 2.75) is 9.79 Å². The number of fused-ring (bicyclic) bond motifs is 1. The number of hydrogen-bond donors (Lipinski definition) is 2. The topological polar surface area (TPSA) is 97.5 Å². The molecule has 0 aliphatic rings. The van der Waals surface area contributed by atoms with Gasteiger partial charge in [-0.1, -0.05) is 24.3 Å². The lowest BCUT2D eigenvalue weighted by atomic mass is 10.0.